The topological polar surface area (TPSA) is 63.8 Å². The van der Waals surface area contributed by atoms with Crippen LogP contribution in [0.15, 0.2) is 42.6 Å². The number of hydrogen-bond acceptors (Lipinski definition) is 4. The molecule has 6 heteroatoms. The Morgan fingerprint density at radius 3 is 2.80 bits per heavy atom. The van der Waals surface area contributed by atoms with Crippen molar-refractivity contribution in [3.8, 4) is 28.7 Å². The Morgan fingerprint density at radius 2 is 2.05 bits per heavy atom. The van der Waals surface area contributed by atoms with Crippen molar-refractivity contribution in [3.05, 3.63) is 47.6 Å². The molecule has 2 heterocycles. The molecule has 5 nitrogen and oxygen atoms in total. The number of hydrogen-bond donors (Lipinski definition) is 1. The second-order valence-corrected chi connectivity index (χ2v) is 4.70. The summed E-state index contributed by atoms with van der Waals surface area (Å²) >= 11 is 5.96. The van der Waals surface area contributed by atoms with Crippen LogP contribution in [0.5, 0.6) is 5.75 Å². The molecule has 0 saturated carbocycles. The van der Waals surface area contributed by atoms with Crippen molar-refractivity contribution < 1.29 is 5.11 Å². The van der Waals surface area contributed by atoms with E-state index in [0.717, 1.165) is 0 Å². The first kappa shape index (κ1) is 12.6. The lowest BCUT2D eigenvalue weighted by Gasteiger charge is -2.03. The molecule has 3 aromatic rings. The number of benzene rings is 1. The van der Waals surface area contributed by atoms with E-state index in [-0.39, 0.29) is 5.75 Å². The summed E-state index contributed by atoms with van der Waals surface area (Å²) in [5, 5.41) is 14.8. The fourth-order valence-electron chi connectivity index (χ4n) is 1.91. The van der Waals surface area contributed by atoms with Crippen LogP contribution in [-0.2, 0) is 7.05 Å². The number of aromatic hydroxyl groups is 1. The fraction of sp³-hybridized carbons (Fsp3) is 0.0714. The number of pyridine rings is 1. The van der Waals surface area contributed by atoms with Crippen LogP contribution >= 0.6 is 11.6 Å². The van der Waals surface area contributed by atoms with Crippen molar-refractivity contribution in [2.24, 2.45) is 7.05 Å². The van der Waals surface area contributed by atoms with Crippen molar-refractivity contribution in [2.75, 3.05) is 0 Å². The fourth-order valence-corrected chi connectivity index (χ4v) is 2.08. The minimum atomic E-state index is 0.109. The van der Waals surface area contributed by atoms with E-state index >= 15 is 0 Å². The van der Waals surface area contributed by atoms with Gasteiger partial charge in [-0.1, -0.05) is 17.7 Å². The predicted octanol–water partition coefficient (Wildman–Crippen LogP) is 2.90. The maximum atomic E-state index is 9.94. The molecule has 0 aliphatic heterocycles. The first-order valence-electron chi connectivity index (χ1n) is 5.96. The minimum Gasteiger partial charge on any atom is -0.507 e. The van der Waals surface area contributed by atoms with Gasteiger partial charge in [0.25, 0.3) is 0 Å². The average Bonchev–Trinajstić information content (AvgIpc) is 2.84. The molecule has 0 aliphatic rings. The van der Waals surface area contributed by atoms with Gasteiger partial charge in [0, 0.05) is 18.3 Å². The van der Waals surface area contributed by atoms with Gasteiger partial charge in [-0.15, -0.1) is 5.10 Å². The number of rotatable bonds is 2. The van der Waals surface area contributed by atoms with Crippen LogP contribution in [0.25, 0.3) is 22.9 Å². The summed E-state index contributed by atoms with van der Waals surface area (Å²) in [6.07, 6.45) is 1.68. The Hall–Kier alpha value is -2.40. The maximum absolute atomic E-state index is 9.94. The second-order valence-electron chi connectivity index (χ2n) is 4.26. The highest BCUT2D eigenvalue weighted by molar-refractivity contribution is 6.30. The summed E-state index contributed by atoms with van der Waals surface area (Å²) < 4.78 is 1.59. The van der Waals surface area contributed by atoms with Crippen molar-refractivity contribution in [1.82, 2.24) is 19.7 Å². The molecular formula is C14H11ClN4O. The van der Waals surface area contributed by atoms with Crippen molar-refractivity contribution in [2.45, 2.75) is 0 Å². The Bertz CT molecular complexity index is 755. The van der Waals surface area contributed by atoms with Gasteiger partial charge in [-0.3, -0.25) is 4.98 Å². The Balaban J connectivity index is 2.12. The zero-order chi connectivity index (χ0) is 14.1. The van der Waals surface area contributed by atoms with Crippen LogP contribution < -0.4 is 0 Å². The van der Waals surface area contributed by atoms with Gasteiger partial charge >= 0.3 is 0 Å². The Labute approximate surface area is 120 Å². The first-order chi connectivity index (χ1) is 9.65. The van der Waals surface area contributed by atoms with E-state index in [9.17, 15) is 5.11 Å². The molecule has 0 unspecified atom stereocenters. The van der Waals surface area contributed by atoms with Crippen molar-refractivity contribution in [3.63, 3.8) is 0 Å². The quantitative estimate of drug-likeness (QED) is 0.787. The number of halogens is 1. The van der Waals surface area contributed by atoms with Crippen molar-refractivity contribution >= 4 is 11.6 Å². The van der Waals surface area contributed by atoms with Crippen LogP contribution in [0, 0.1) is 0 Å². The molecule has 0 spiro atoms. The number of aromatic nitrogens is 4. The van der Waals surface area contributed by atoms with Gasteiger partial charge in [-0.25, -0.2) is 9.67 Å². The maximum Gasteiger partial charge on any atom is 0.200 e. The standard InChI is InChI=1S/C14H11ClN4O/c1-19-14(10-8-9(15)5-6-12(10)20)17-13(18-19)11-4-2-3-7-16-11/h2-8,20H,1H3. The molecule has 0 saturated heterocycles. The van der Waals surface area contributed by atoms with Gasteiger partial charge < -0.3 is 5.11 Å². The molecule has 0 bridgehead atoms. The van der Waals surface area contributed by atoms with Gasteiger partial charge in [0.15, 0.2) is 11.6 Å². The third kappa shape index (κ3) is 2.23. The zero-order valence-corrected chi connectivity index (χ0v) is 11.4. The molecular weight excluding hydrogens is 276 g/mol. The minimum absolute atomic E-state index is 0.109. The summed E-state index contributed by atoms with van der Waals surface area (Å²) in [4.78, 5) is 8.63. The van der Waals surface area contributed by atoms with Crippen LogP contribution in [0.3, 0.4) is 0 Å². The molecule has 0 atom stereocenters. The van der Waals surface area contributed by atoms with E-state index in [1.807, 2.05) is 18.2 Å². The van der Waals surface area contributed by atoms with Crippen LogP contribution in [0.4, 0.5) is 0 Å². The molecule has 0 amide bonds. The number of aryl methyl sites for hydroxylation is 1. The highest BCUT2D eigenvalue weighted by Crippen LogP contribution is 2.31. The lowest BCUT2D eigenvalue weighted by atomic mass is 10.2. The third-order valence-corrected chi connectivity index (χ3v) is 3.09. The van der Waals surface area contributed by atoms with E-state index in [1.165, 1.54) is 6.07 Å². The molecule has 1 aromatic carbocycles. The molecule has 1 N–H and O–H groups in total. The van der Waals surface area contributed by atoms with E-state index in [0.29, 0.717) is 27.9 Å². The van der Waals surface area contributed by atoms with Crippen molar-refractivity contribution in [1.29, 1.82) is 0 Å². The van der Waals surface area contributed by atoms with E-state index in [1.54, 1.807) is 30.1 Å². The van der Waals surface area contributed by atoms with Crippen LogP contribution in [0.2, 0.25) is 5.02 Å². The smallest absolute Gasteiger partial charge is 0.200 e. The van der Waals surface area contributed by atoms with E-state index in [4.69, 9.17) is 11.6 Å². The highest BCUT2D eigenvalue weighted by Gasteiger charge is 2.15. The molecule has 0 aliphatic carbocycles. The van der Waals surface area contributed by atoms with Gasteiger partial charge in [-0.2, -0.15) is 0 Å². The Morgan fingerprint density at radius 1 is 1.20 bits per heavy atom. The number of nitrogens with zero attached hydrogens (tertiary/aromatic N) is 4. The lowest BCUT2D eigenvalue weighted by Crippen LogP contribution is -1.94. The average molecular weight is 287 g/mol. The Kier molecular flexibility index (Phi) is 3.12. The number of phenols is 1. The predicted molar refractivity (Wildman–Crippen MR) is 76.3 cm³/mol. The van der Waals surface area contributed by atoms with Gasteiger partial charge in [0.1, 0.15) is 11.4 Å². The zero-order valence-electron chi connectivity index (χ0n) is 10.7. The first-order valence-corrected chi connectivity index (χ1v) is 6.34. The molecule has 20 heavy (non-hydrogen) atoms. The normalized spacial score (nSPS) is 10.7. The van der Waals surface area contributed by atoms with E-state index in [2.05, 4.69) is 15.1 Å². The molecule has 100 valence electrons. The summed E-state index contributed by atoms with van der Waals surface area (Å²) in [5.41, 5.74) is 1.21. The largest absolute Gasteiger partial charge is 0.507 e. The summed E-state index contributed by atoms with van der Waals surface area (Å²) in [6, 6.07) is 10.3. The summed E-state index contributed by atoms with van der Waals surface area (Å²) in [5.74, 6) is 1.14. The lowest BCUT2D eigenvalue weighted by molar-refractivity contribution is 0.476. The molecule has 2 aromatic heterocycles. The number of phenolic OH excluding ortho intramolecular Hbond substituents is 1. The monoisotopic (exact) mass is 286 g/mol. The molecule has 3 rings (SSSR count). The van der Waals surface area contributed by atoms with Gasteiger partial charge in [0.2, 0.25) is 0 Å². The van der Waals surface area contributed by atoms with E-state index < -0.39 is 0 Å². The molecule has 0 fully saturated rings. The third-order valence-electron chi connectivity index (χ3n) is 2.86. The van der Waals surface area contributed by atoms with Crippen LogP contribution in [-0.4, -0.2) is 24.9 Å². The van der Waals surface area contributed by atoms with Gasteiger partial charge in [-0.05, 0) is 30.3 Å². The summed E-state index contributed by atoms with van der Waals surface area (Å²) in [7, 11) is 1.76. The molecule has 0 radical (unpaired) electrons. The SMILES string of the molecule is Cn1nc(-c2ccccn2)nc1-c1cc(Cl)ccc1O. The highest BCUT2D eigenvalue weighted by atomic mass is 35.5. The van der Waals surface area contributed by atoms with Gasteiger partial charge in [0.05, 0.1) is 5.56 Å². The van der Waals surface area contributed by atoms with Crippen LogP contribution in [0.1, 0.15) is 0 Å². The summed E-state index contributed by atoms with van der Waals surface area (Å²) in [6.45, 7) is 0. The second kappa shape index (κ2) is 4.94.